The number of nitrogens with zero attached hydrogens (tertiary/aromatic N) is 2. The minimum absolute atomic E-state index is 0.168. The van der Waals surface area contributed by atoms with Crippen LogP contribution < -0.4 is 4.90 Å². The van der Waals surface area contributed by atoms with Crippen molar-refractivity contribution >= 4 is 5.82 Å². The Morgan fingerprint density at radius 1 is 1.21 bits per heavy atom. The van der Waals surface area contributed by atoms with Crippen molar-refractivity contribution in [3.05, 3.63) is 59.3 Å². The number of pyridine rings is 1. The molecule has 0 aliphatic rings. The largest absolute Gasteiger partial charge is 0.396 e. The highest BCUT2D eigenvalue weighted by molar-refractivity contribution is 5.43. The highest BCUT2D eigenvalue weighted by Gasteiger charge is 2.06. The molecule has 3 nitrogen and oxygen atoms in total. The van der Waals surface area contributed by atoms with Crippen molar-refractivity contribution in [1.29, 1.82) is 0 Å². The molecule has 0 aliphatic heterocycles. The van der Waals surface area contributed by atoms with Crippen LogP contribution in [0.15, 0.2) is 42.6 Å². The molecule has 3 heteroatoms. The first kappa shape index (κ1) is 13.6. The molecular weight excluding hydrogens is 236 g/mol. The van der Waals surface area contributed by atoms with Crippen LogP contribution in [0.2, 0.25) is 0 Å². The second-order valence-electron chi connectivity index (χ2n) is 4.78. The van der Waals surface area contributed by atoms with Gasteiger partial charge in [0.05, 0.1) is 0 Å². The molecule has 100 valence electrons. The van der Waals surface area contributed by atoms with Crippen LogP contribution in [0.25, 0.3) is 0 Å². The second-order valence-corrected chi connectivity index (χ2v) is 4.78. The van der Waals surface area contributed by atoms with Crippen molar-refractivity contribution in [3.63, 3.8) is 0 Å². The maximum absolute atomic E-state index is 8.98. The van der Waals surface area contributed by atoms with E-state index in [-0.39, 0.29) is 6.61 Å². The summed E-state index contributed by atoms with van der Waals surface area (Å²) in [6, 6.07) is 12.4. The van der Waals surface area contributed by atoms with Gasteiger partial charge in [0.15, 0.2) is 0 Å². The van der Waals surface area contributed by atoms with Gasteiger partial charge in [0.25, 0.3) is 0 Å². The molecule has 1 aromatic heterocycles. The van der Waals surface area contributed by atoms with E-state index in [2.05, 4.69) is 35.0 Å². The average molecular weight is 256 g/mol. The predicted molar refractivity (Wildman–Crippen MR) is 78.3 cm³/mol. The molecule has 0 bridgehead atoms. The molecule has 0 aliphatic carbocycles. The van der Waals surface area contributed by atoms with Crippen molar-refractivity contribution in [3.8, 4) is 0 Å². The minimum Gasteiger partial charge on any atom is -0.396 e. The molecule has 19 heavy (non-hydrogen) atoms. The molecule has 2 aromatic rings. The maximum Gasteiger partial charge on any atom is 0.128 e. The lowest BCUT2D eigenvalue weighted by Gasteiger charge is -2.19. The Bertz CT molecular complexity index is 526. The second kappa shape index (κ2) is 6.34. The summed E-state index contributed by atoms with van der Waals surface area (Å²) in [4.78, 5) is 6.60. The third kappa shape index (κ3) is 3.55. The highest BCUT2D eigenvalue weighted by atomic mass is 16.2. The number of aliphatic hydroxyl groups excluding tert-OH is 1. The summed E-state index contributed by atoms with van der Waals surface area (Å²) >= 11 is 0. The molecule has 0 fully saturated rings. The first-order valence-electron chi connectivity index (χ1n) is 6.52. The number of anilines is 1. The van der Waals surface area contributed by atoms with E-state index >= 15 is 0 Å². The molecule has 0 amide bonds. The first-order valence-corrected chi connectivity index (χ1v) is 6.52. The van der Waals surface area contributed by atoms with Crippen LogP contribution in [0.1, 0.15) is 16.7 Å². The van der Waals surface area contributed by atoms with Crippen LogP contribution >= 0.6 is 0 Å². The molecule has 1 heterocycles. The zero-order valence-corrected chi connectivity index (χ0v) is 11.5. The van der Waals surface area contributed by atoms with Crippen molar-refractivity contribution in [2.45, 2.75) is 19.9 Å². The van der Waals surface area contributed by atoms with Crippen LogP contribution in [-0.2, 0) is 13.0 Å². The SMILES string of the molecule is Cc1cc(N(C)Cc2ccccc2)ncc1CCO. The van der Waals surface area contributed by atoms with Crippen LogP contribution in [0.3, 0.4) is 0 Å². The predicted octanol–water partition coefficient (Wildman–Crippen LogP) is 2.56. The van der Waals surface area contributed by atoms with E-state index in [4.69, 9.17) is 5.11 Å². The topological polar surface area (TPSA) is 36.4 Å². The van der Waals surface area contributed by atoms with Gasteiger partial charge in [-0.2, -0.15) is 0 Å². The van der Waals surface area contributed by atoms with Gasteiger partial charge < -0.3 is 10.0 Å². The van der Waals surface area contributed by atoms with Crippen molar-refractivity contribution in [2.75, 3.05) is 18.6 Å². The molecule has 2 rings (SSSR count). The fourth-order valence-electron chi connectivity index (χ4n) is 2.10. The smallest absolute Gasteiger partial charge is 0.128 e. The number of aliphatic hydroxyl groups is 1. The number of rotatable bonds is 5. The molecule has 1 N–H and O–H groups in total. The van der Waals surface area contributed by atoms with Crippen molar-refractivity contribution in [1.82, 2.24) is 4.98 Å². The quantitative estimate of drug-likeness (QED) is 0.893. The van der Waals surface area contributed by atoms with Gasteiger partial charge in [-0.3, -0.25) is 0 Å². The first-order chi connectivity index (χ1) is 9.20. The van der Waals surface area contributed by atoms with Gasteiger partial charge in [-0.05, 0) is 36.1 Å². The molecule has 1 aromatic carbocycles. The zero-order chi connectivity index (χ0) is 13.7. The van der Waals surface area contributed by atoms with E-state index in [1.165, 1.54) is 11.1 Å². The summed E-state index contributed by atoms with van der Waals surface area (Å²) in [7, 11) is 2.04. The number of aryl methyl sites for hydroxylation is 1. The van der Waals surface area contributed by atoms with E-state index in [1.54, 1.807) is 0 Å². The Labute approximate surface area is 114 Å². The summed E-state index contributed by atoms with van der Waals surface area (Å²) in [6.45, 7) is 3.07. The standard InChI is InChI=1S/C16H20N2O/c1-13-10-16(17-11-15(13)8-9-19)18(2)12-14-6-4-3-5-7-14/h3-7,10-11,19H,8-9,12H2,1-2H3. The van der Waals surface area contributed by atoms with Crippen LogP contribution in [-0.4, -0.2) is 23.7 Å². The fourth-order valence-corrected chi connectivity index (χ4v) is 2.10. The normalized spacial score (nSPS) is 10.5. The Morgan fingerprint density at radius 3 is 2.58 bits per heavy atom. The molecule has 0 spiro atoms. The summed E-state index contributed by atoms with van der Waals surface area (Å²) in [5.41, 5.74) is 3.56. The van der Waals surface area contributed by atoms with E-state index in [0.717, 1.165) is 17.9 Å². The molecular formula is C16H20N2O. The zero-order valence-electron chi connectivity index (χ0n) is 11.5. The van der Waals surface area contributed by atoms with Gasteiger partial charge in [0.2, 0.25) is 0 Å². The van der Waals surface area contributed by atoms with Gasteiger partial charge in [0, 0.05) is 26.4 Å². The van der Waals surface area contributed by atoms with E-state index in [1.807, 2.05) is 31.4 Å². The van der Waals surface area contributed by atoms with E-state index in [9.17, 15) is 0 Å². The monoisotopic (exact) mass is 256 g/mol. The Morgan fingerprint density at radius 2 is 1.95 bits per heavy atom. The number of hydrogen-bond donors (Lipinski definition) is 1. The van der Waals surface area contributed by atoms with Gasteiger partial charge >= 0.3 is 0 Å². The van der Waals surface area contributed by atoms with Crippen LogP contribution in [0.5, 0.6) is 0 Å². The summed E-state index contributed by atoms with van der Waals surface area (Å²) in [6.07, 6.45) is 2.53. The lowest BCUT2D eigenvalue weighted by atomic mass is 10.1. The van der Waals surface area contributed by atoms with Crippen molar-refractivity contribution < 1.29 is 5.11 Å². The number of benzene rings is 1. The third-order valence-electron chi connectivity index (χ3n) is 3.24. The lowest BCUT2D eigenvalue weighted by molar-refractivity contribution is 0.299. The van der Waals surface area contributed by atoms with E-state index in [0.29, 0.717) is 6.42 Å². The molecule has 0 radical (unpaired) electrons. The minimum atomic E-state index is 0.168. The van der Waals surface area contributed by atoms with Gasteiger partial charge in [-0.1, -0.05) is 30.3 Å². The Kier molecular flexibility index (Phi) is 4.53. The highest BCUT2D eigenvalue weighted by Crippen LogP contribution is 2.17. The molecule has 0 saturated heterocycles. The van der Waals surface area contributed by atoms with E-state index < -0.39 is 0 Å². The Balaban J connectivity index is 2.11. The average Bonchev–Trinajstić information content (AvgIpc) is 2.42. The van der Waals surface area contributed by atoms with Crippen LogP contribution in [0.4, 0.5) is 5.82 Å². The lowest BCUT2D eigenvalue weighted by Crippen LogP contribution is -2.18. The molecule has 0 unspecified atom stereocenters. The van der Waals surface area contributed by atoms with Gasteiger partial charge in [0.1, 0.15) is 5.82 Å². The molecule has 0 atom stereocenters. The van der Waals surface area contributed by atoms with Gasteiger partial charge in [-0.15, -0.1) is 0 Å². The fraction of sp³-hybridized carbons (Fsp3) is 0.312. The maximum atomic E-state index is 8.98. The van der Waals surface area contributed by atoms with Crippen LogP contribution in [0, 0.1) is 6.92 Å². The van der Waals surface area contributed by atoms with Gasteiger partial charge in [-0.25, -0.2) is 4.98 Å². The third-order valence-corrected chi connectivity index (χ3v) is 3.24. The summed E-state index contributed by atoms with van der Waals surface area (Å²) in [5, 5.41) is 8.98. The Hall–Kier alpha value is -1.87. The van der Waals surface area contributed by atoms with Crippen molar-refractivity contribution in [2.24, 2.45) is 0 Å². The number of hydrogen-bond acceptors (Lipinski definition) is 3. The summed E-state index contributed by atoms with van der Waals surface area (Å²) in [5.74, 6) is 0.961. The summed E-state index contributed by atoms with van der Waals surface area (Å²) < 4.78 is 0. The number of aromatic nitrogens is 1. The molecule has 0 saturated carbocycles.